The first-order chi connectivity index (χ1) is 6.08. The van der Waals surface area contributed by atoms with Crippen LogP contribution in [0, 0.1) is 0 Å². The first kappa shape index (κ1) is 12.8. The van der Waals surface area contributed by atoms with Gasteiger partial charge in [-0.3, -0.25) is 13.6 Å². The molecule has 4 nitrogen and oxygen atoms in total. The molecule has 0 N–H and O–H groups in total. The predicted molar refractivity (Wildman–Crippen MR) is 51.6 cm³/mol. The standard InChI is InChI=1S/C8H17O4P/c1-5-8(4)12-13(9,10-6-2)11-7-3/h5,8H,1,6-7H2,2-4H3/t8-/m1/s1. The van der Waals surface area contributed by atoms with Crippen molar-refractivity contribution < 1.29 is 18.1 Å². The van der Waals surface area contributed by atoms with Gasteiger partial charge >= 0.3 is 7.82 Å². The first-order valence-corrected chi connectivity index (χ1v) is 5.74. The largest absolute Gasteiger partial charge is 0.475 e. The van der Waals surface area contributed by atoms with Crippen molar-refractivity contribution in [2.45, 2.75) is 26.9 Å². The van der Waals surface area contributed by atoms with E-state index >= 15 is 0 Å². The summed E-state index contributed by atoms with van der Waals surface area (Å²) in [6.07, 6.45) is 1.19. The highest BCUT2D eigenvalue weighted by atomic mass is 31.2. The van der Waals surface area contributed by atoms with Gasteiger partial charge in [0.05, 0.1) is 19.3 Å². The molecule has 0 rings (SSSR count). The average molecular weight is 208 g/mol. The normalized spacial score (nSPS) is 14.1. The summed E-state index contributed by atoms with van der Waals surface area (Å²) in [5.41, 5.74) is 0. The lowest BCUT2D eigenvalue weighted by molar-refractivity contribution is 0.107. The van der Waals surface area contributed by atoms with Crippen LogP contribution in [0.4, 0.5) is 0 Å². The molecule has 0 aliphatic carbocycles. The third-order valence-corrected chi connectivity index (χ3v) is 2.94. The molecule has 1 atom stereocenters. The van der Waals surface area contributed by atoms with Gasteiger partial charge in [-0.2, -0.15) is 0 Å². The molecule has 0 amide bonds. The Morgan fingerprint density at radius 2 is 1.85 bits per heavy atom. The van der Waals surface area contributed by atoms with Crippen LogP contribution in [0.2, 0.25) is 0 Å². The first-order valence-electron chi connectivity index (χ1n) is 4.28. The Morgan fingerprint density at radius 3 is 2.15 bits per heavy atom. The van der Waals surface area contributed by atoms with Crippen LogP contribution >= 0.6 is 7.82 Å². The molecule has 0 fully saturated rings. The highest BCUT2D eigenvalue weighted by Crippen LogP contribution is 2.50. The van der Waals surface area contributed by atoms with E-state index in [0.717, 1.165) is 0 Å². The maximum atomic E-state index is 11.7. The van der Waals surface area contributed by atoms with Crippen LogP contribution < -0.4 is 0 Å². The van der Waals surface area contributed by atoms with Gasteiger partial charge in [-0.05, 0) is 20.8 Å². The Hall–Kier alpha value is -0.150. The number of hydrogen-bond acceptors (Lipinski definition) is 4. The summed E-state index contributed by atoms with van der Waals surface area (Å²) in [4.78, 5) is 0. The molecular formula is C8H17O4P. The van der Waals surface area contributed by atoms with Crippen LogP contribution in [-0.4, -0.2) is 19.3 Å². The zero-order valence-corrected chi connectivity index (χ0v) is 9.25. The van der Waals surface area contributed by atoms with Crippen molar-refractivity contribution in [3.05, 3.63) is 12.7 Å². The Morgan fingerprint density at radius 1 is 1.38 bits per heavy atom. The number of phosphoric ester groups is 1. The molecular weight excluding hydrogens is 191 g/mol. The van der Waals surface area contributed by atoms with Crippen molar-refractivity contribution >= 4 is 7.82 Å². The summed E-state index contributed by atoms with van der Waals surface area (Å²) < 4.78 is 26.5. The molecule has 78 valence electrons. The lowest BCUT2D eigenvalue weighted by Crippen LogP contribution is -2.06. The number of phosphoric acid groups is 1. The second-order valence-electron chi connectivity index (χ2n) is 2.33. The zero-order chi connectivity index (χ0) is 10.3. The molecule has 0 radical (unpaired) electrons. The van der Waals surface area contributed by atoms with Crippen LogP contribution in [0.3, 0.4) is 0 Å². The Balaban J connectivity index is 4.22. The second-order valence-corrected chi connectivity index (χ2v) is 3.95. The summed E-state index contributed by atoms with van der Waals surface area (Å²) in [6, 6.07) is 0. The molecule has 0 aromatic heterocycles. The van der Waals surface area contributed by atoms with Gasteiger partial charge in [-0.25, -0.2) is 4.57 Å². The quantitative estimate of drug-likeness (QED) is 0.476. The molecule has 0 heterocycles. The molecule has 0 saturated heterocycles. The van der Waals surface area contributed by atoms with E-state index in [1.807, 2.05) is 0 Å². The van der Waals surface area contributed by atoms with E-state index in [1.54, 1.807) is 20.8 Å². The van der Waals surface area contributed by atoms with Crippen LogP contribution in [0.1, 0.15) is 20.8 Å². The second kappa shape index (κ2) is 6.33. The summed E-state index contributed by atoms with van der Waals surface area (Å²) in [6.45, 7) is 9.27. The highest BCUT2D eigenvalue weighted by molar-refractivity contribution is 7.48. The van der Waals surface area contributed by atoms with Gasteiger partial charge in [0.2, 0.25) is 0 Å². The average Bonchev–Trinajstić information content (AvgIpc) is 2.04. The SMILES string of the molecule is C=C[C@@H](C)OP(=O)(OCC)OCC. The molecule has 0 aromatic carbocycles. The minimum Gasteiger partial charge on any atom is -0.287 e. The Labute approximate surface area is 79.5 Å². The van der Waals surface area contributed by atoms with Crippen molar-refractivity contribution in [2.75, 3.05) is 13.2 Å². The third kappa shape index (κ3) is 5.21. The van der Waals surface area contributed by atoms with Crippen molar-refractivity contribution in [3.8, 4) is 0 Å². The van der Waals surface area contributed by atoms with Crippen LogP contribution in [-0.2, 0) is 18.1 Å². The fraction of sp³-hybridized carbons (Fsp3) is 0.750. The molecule has 5 heteroatoms. The van der Waals surface area contributed by atoms with Crippen molar-refractivity contribution in [2.24, 2.45) is 0 Å². The van der Waals surface area contributed by atoms with Gasteiger partial charge in [-0.15, -0.1) is 6.58 Å². The van der Waals surface area contributed by atoms with Gasteiger partial charge < -0.3 is 0 Å². The fourth-order valence-corrected chi connectivity index (χ4v) is 1.98. The highest BCUT2D eigenvalue weighted by Gasteiger charge is 2.26. The van der Waals surface area contributed by atoms with Crippen molar-refractivity contribution in [1.29, 1.82) is 0 Å². The van der Waals surface area contributed by atoms with Crippen LogP contribution in [0.5, 0.6) is 0 Å². The zero-order valence-electron chi connectivity index (χ0n) is 8.36. The lowest BCUT2D eigenvalue weighted by Gasteiger charge is -2.18. The maximum absolute atomic E-state index is 11.7. The van der Waals surface area contributed by atoms with E-state index in [-0.39, 0.29) is 6.10 Å². The summed E-state index contributed by atoms with van der Waals surface area (Å²) in [5, 5.41) is 0. The van der Waals surface area contributed by atoms with E-state index in [0.29, 0.717) is 13.2 Å². The molecule has 0 saturated carbocycles. The smallest absolute Gasteiger partial charge is 0.287 e. The van der Waals surface area contributed by atoms with Crippen LogP contribution in [0.15, 0.2) is 12.7 Å². The molecule has 0 unspecified atom stereocenters. The lowest BCUT2D eigenvalue weighted by atomic mass is 10.4. The van der Waals surface area contributed by atoms with Crippen molar-refractivity contribution in [1.82, 2.24) is 0 Å². The fourth-order valence-electron chi connectivity index (χ4n) is 0.661. The van der Waals surface area contributed by atoms with E-state index in [2.05, 4.69) is 6.58 Å². The summed E-state index contributed by atoms with van der Waals surface area (Å²) in [7, 11) is -3.36. The maximum Gasteiger partial charge on any atom is 0.475 e. The number of rotatable bonds is 7. The van der Waals surface area contributed by atoms with Gasteiger partial charge in [0.15, 0.2) is 0 Å². The molecule has 0 aliphatic heterocycles. The third-order valence-electron chi connectivity index (χ3n) is 1.20. The molecule has 0 bridgehead atoms. The molecule has 0 aromatic rings. The van der Waals surface area contributed by atoms with E-state index < -0.39 is 7.82 Å². The predicted octanol–water partition coefficient (Wildman–Crippen LogP) is 2.76. The Kier molecular flexibility index (Phi) is 6.25. The Bertz CT molecular complexity index is 183. The van der Waals surface area contributed by atoms with E-state index in [9.17, 15) is 4.57 Å². The molecule has 0 aliphatic rings. The van der Waals surface area contributed by atoms with Gasteiger partial charge in [0.1, 0.15) is 0 Å². The summed E-state index contributed by atoms with van der Waals surface area (Å²) in [5.74, 6) is 0. The number of hydrogen-bond donors (Lipinski definition) is 0. The van der Waals surface area contributed by atoms with Crippen LogP contribution in [0.25, 0.3) is 0 Å². The van der Waals surface area contributed by atoms with Gasteiger partial charge in [-0.1, -0.05) is 6.08 Å². The minimum atomic E-state index is -3.36. The van der Waals surface area contributed by atoms with E-state index in [1.165, 1.54) is 6.08 Å². The minimum absolute atomic E-state index is 0.293. The summed E-state index contributed by atoms with van der Waals surface area (Å²) >= 11 is 0. The topological polar surface area (TPSA) is 44.8 Å². The van der Waals surface area contributed by atoms with E-state index in [4.69, 9.17) is 13.6 Å². The van der Waals surface area contributed by atoms with Gasteiger partial charge in [0.25, 0.3) is 0 Å². The van der Waals surface area contributed by atoms with Crippen molar-refractivity contribution in [3.63, 3.8) is 0 Å². The molecule has 0 spiro atoms. The monoisotopic (exact) mass is 208 g/mol. The van der Waals surface area contributed by atoms with Gasteiger partial charge in [0, 0.05) is 0 Å². The molecule has 13 heavy (non-hydrogen) atoms.